The summed E-state index contributed by atoms with van der Waals surface area (Å²) >= 11 is 0. The van der Waals surface area contributed by atoms with E-state index < -0.39 is 0 Å². The molecule has 0 fully saturated rings. The Labute approximate surface area is 275 Å². The Kier molecular flexibility index (Phi) is 8.42. The fraction of sp³-hybridized carbons (Fsp3) is 0.273. The molecule has 2 aromatic carbocycles. The van der Waals surface area contributed by atoms with Crippen molar-refractivity contribution in [1.82, 2.24) is 0 Å². The average molecular weight is 607 g/mol. The predicted octanol–water partition coefficient (Wildman–Crippen LogP) is 11.8. The zero-order valence-corrected chi connectivity index (χ0v) is 28.4. The van der Waals surface area contributed by atoms with Crippen molar-refractivity contribution in [3.63, 3.8) is 0 Å². The molecule has 46 heavy (non-hydrogen) atoms. The van der Waals surface area contributed by atoms with Crippen LogP contribution in [0.1, 0.15) is 107 Å². The van der Waals surface area contributed by atoms with Crippen molar-refractivity contribution in [3.8, 4) is 33.8 Å². The van der Waals surface area contributed by atoms with Gasteiger partial charge >= 0.3 is 0 Å². The quantitative estimate of drug-likeness (QED) is 0.190. The highest BCUT2D eigenvalue weighted by atomic mass is 16.3. The first-order valence-electron chi connectivity index (χ1n) is 16.6. The zero-order chi connectivity index (χ0) is 32.9. The standard InChI is InChI=1S/C44H46O2/c1-25(2)33-11-9-27(5)41-37(23-33)29(7)21-39(41)43(31-13-17-35(45)18-14-31)44(32-15-19-36(46)20-16-32)40-22-30(8)38-24-34(26(3)4)12-10-28(6)42(38)40/h9-26,43-46H,1-8H3/t43-,44+. The van der Waals surface area contributed by atoms with Crippen molar-refractivity contribution in [2.75, 3.05) is 0 Å². The molecule has 0 unspecified atom stereocenters. The lowest BCUT2D eigenvalue weighted by Crippen LogP contribution is -2.15. The molecule has 0 aromatic heterocycles. The van der Waals surface area contributed by atoms with Crippen LogP contribution in [0, 0.1) is 27.7 Å². The number of hydrogen-bond acceptors (Lipinski definition) is 2. The molecule has 2 heteroatoms. The summed E-state index contributed by atoms with van der Waals surface area (Å²) in [4.78, 5) is 0. The molecule has 4 aliphatic carbocycles. The number of aryl methyl sites for hydroxylation is 4. The maximum atomic E-state index is 10.4. The summed E-state index contributed by atoms with van der Waals surface area (Å²) in [7, 11) is 0. The molecule has 0 aliphatic heterocycles. The van der Waals surface area contributed by atoms with Crippen molar-refractivity contribution in [3.05, 3.63) is 153 Å². The lowest BCUT2D eigenvalue weighted by Gasteiger charge is -2.30. The molecule has 0 bridgehead atoms. The average Bonchev–Trinajstić information content (AvgIpc) is 3.35. The first-order chi connectivity index (χ1) is 21.9. The van der Waals surface area contributed by atoms with E-state index in [1.54, 1.807) is 0 Å². The summed E-state index contributed by atoms with van der Waals surface area (Å²) in [5.74, 6) is 1.23. The van der Waals surface area contributed by atoms with E-state index in [9.17, 15) is 10.2 Å². The number of phenolic OH excluding ortho intramolecular Hbond substituents is 2. The van der Waals surface area contributed by atoms with Gasteiger partial charge in [-0.2, -0.15) is 0 Å². The summed E-state index contributed by atoms with van der Waals surface area (Å²) in [6.45, 7) is 18.0. The highest BCUT2D eigenvalue weighted by molar-refractivity contribution is 5.82. The first kappa shape index (κ1) is 31.4. The van der Waals surface area contributed by atoms with E-state index in [0.717, 1.165) is 11.1 Å². The second-order valence-electron chi connectivity index (χ2n) is 13.9. The lowest BCUT2D eigenvalue weighted by atomic mass is 9.72. The summed E-state index contributed by atoms with van der Waals surface area (Å²) in [6.07, 6.45) is 0. The van der Waals surface area contributed by atoms with E-state index in [1.807, 2.05) is 24.3 Å². The van der Waals surface area contributed by atoms with E-state index >= 15 is 0 Å². The third-order valence-electron chi connectivity index (χ3n) is 10.0. The second-order valence-corrected chi connectivity index (χ2v) is 13.9. The number of fused-ring (bicyclic) bond motifs is 2. The molecule has 0 radical (unpaired) electrons. The lowest BCUT2D eigenvalue weighted by molar-refractivity contribution is 0.474. The molecule has 4 aliphatic rings. The van der Waals surface area contributed by atoms with Crippen molar-refractivity contribution >= 4 is 0 Å². The molecule has 0 saturated carbocycles. The van der Waals surface area contributed by atoms with Crippen molar-refractivity contribution in [1.29, 1.82) is 0 Å². The topological polar surface area (TPSA) is 40.5 Å². The van der Waals surface area contributed by atoms with Gasteiger partial charge in [-0.25, -0.2) is 0 Å². The molecular weight excluding hydrogens is 560 g/mol. The third-order valence-corrected chi connectivity index (χ3v) is 10.0. The highest BCUT2D eigenvalue weighted by Gasteiger charge is 2.35. The van der Waals surface area contributed by atoms with Gasteiger partial charge in [0.25, 0.3) is 0 Å². The van der Waals surface area contributed by atoms with Crippen LogP contribution in [-0.2, 0) is 0 Å². The fourth-order valence-corrected chi connectivity index (χ4v) is 7.44. The van der Waals surface area contributed by atoms with Gasteiger partial charge in [0.2, 0.25) is 0 Å². The highest BCUT2D eigenvalue weighted by Crippen LogP contribution is 2.53. The van der Waals surface area contributed by atoms with Gasteiger partial charge in [0.15, 0.2) is 0 Å². The van der Waals surface area contributed by atoms with Crippen LogP contribution in [0.2, 0.25) is 0 Å². The summed E-state index contributed by atoms with van der Waals surface area (Å²) in [5, 5.41) is 20.8. The molecule has 0 heterocycles. The van der Waals surface area contributed by atoms with Crippen LogP contribution in [0.3, 0.4) is 0 Å². The predicted molar refractivity (Wildman–Crippen MR) is 193 cm³/mol. The Bertz CT molecular complexity index is 1800. The normalized spacial score (nSPS) is 13.2. The van der Waals surface area contributed by atoms with E-state index in [4.69, 9.17) is 0 Å². The number of rotatable bonds is 7. The van der Waals surface area contributed by atoms with Gasteiger partial charge in [0.1, 0.15) is 11.5 Å². The van der Waals surface area contributed by atoms with Crippen LogP contribution < -0.4 is 0 Å². The van der Waals surface area contributed by atoms with Gasteiger partial charge in [-0.05, 0) is 142 Å². The van der Waals surface area contributed by atoms with Crippen LogP contribution in [0.4, 0.5) is 0 Å². The van der Waals surface area contributed by atoms with Crippen molar-refractivity contribution in [2.24, 2.45) is 0 Å². The molecule has 2 N–H and O–H groups in total. The number of hydrogen-bond donors (Lipinski definition) is 2. The van der Waals surface area contributed by atoms with Crippen LogP contribution in [-0.4, -0.2) is 10.2 Å². The Balaban J connectivity index is 1.71. The van der Waals surface area contributed by atoms with Gasteiger partial charge in [-0.15, -0.1) is 0 Å². The summed E-state index contributed by atoms with van der Waals surface area (Å²) in [5.41, 5.74) is 17.7. The zero-order valence-electron chi connectivity index (χ0n) is 28.4. The van der Waals surface area contributed by atoms with E-state index in [2.05, 4.69) is 128 Å². The Morgan fingerprint density at radius 3 is 1.04 bits per heavy atom. The second kappa shape index (κ2) is 12.3. The van der Waals surface area contributed by atoms with E-state index in [0.29, 0.717) is 11.8 Å². The van der Waals surface area contributed by atoms with Gasteiger partial charge < -0.3 is 10.2 Å². The minimum Gasteiger partial charge on any atom is -0.508 e. The fourth-order valence-electron chi connectivity index (χ4n) is 7.44. The molecule has 0 spiro atoms. The van der Waals surface area contributed by atoms with E-state index in [1.165, 1.54) is 66.8 Å². The maximum absolute atomic E-state index is 10.4. The van der Waals surface area contributed by atoms with Crippen LogP contribution in [0.25, 0.3) is 22.3 Å². The van der Waals surface area contributed by atoms with Gasteiger partial charge in [-0.1, -0.05) is 100 Å². The number of aromatic hydroxyl groups is 2. The number of benzene rings is 2. The summed E-state index contributed by atoms with van der Waals surface area (Å²) < 4.78 is 0. The Hall–Kier alpha value is -4.56. The molecule has 2 aromatic rings. The SMILES string of the molecule is Cc1cc([C@@H](c2ccc(O)cc2)[C@@H](c2ccc(O)cc2)c2cc(C)c3cc(C(C)C)ccc(C)c2-3)c2c(C)ccc(C(C)C)cc1-2. The van der Waals surface area contributed by atoms with E-state index in [-0.39, 0.29) is 23.3 Å². The van der Waals surface area contributed by atoms with Gasteiger partial charge in [0, 0.05) is 11.8 Å². The largest absolute Gasteiger partial charge is 0.508 e. The molecule has 2 atom stereocenters. The minimum absolute atomic E-state index is 0.0653. The molecule has 0 saturated heterocycles. The molecule has 6 rings (SSSR count). The van der Waals surface area contributed by atoms with Crippen molar-refractivity contribution in [2.45, 2.75) is 79.1 Å². The Morgan fingerprint density at radius 2 is 0.717 bits per heavy atom. The molecule has 234 valence electrons. The van der Waals surface area contributed by atoms with Crippen LogP contribution in [0.5, 0.6) is 11.5 Å². The Morgan fingerprint density at radius 1 is 0.391 bits per heavy atom. The smallest absolute Gasteiger partial charge is 0.115 e. The van der Waals surface area contributed by atoms with Crippen LogP contribution in [0.15, 0.2) is 97.1 Å². The number of phenols is 2. The molecule has 0 amide bonds. The summed E-state index contributed by atoms with van der Waals surface area (Å²) in [6, 6.07) is 34.3. The van der Waals surface area contributed by atoms with Gasteiger partial charge in [0.05, 0.1) is 0 Å². The molecule has 2 nitrogen and oxygen atoms in total. The first-order valence-corrected chi connectivity index (χ1v) is 16.6. The monoisotopic (exact) mass is 606 g/mol. The molecular formula is C44H46O2. The van der Waals surface area contributed by atoms with Gasteiger partial charge in [-0.3, -0.25) is 0 Å². The third kappa shape index (κ3) is 5.66. The minimum atomic E-state index is -0.0653. The van der Waals surface area contributed by atoms with Crippen molar-refractivity contribution < 1.29 is 10.2 Å². The van der Waals surface area contributed by atoms with Crippen LogP contribution >= 0.6 is 0 Å². The maximum Gasteiger partial charge on any atom is 0.115 e.